The fourth-order valence-electron chi connectivity index (χ4n) is 9.75. The minimum atomic E-state index is -0.262. The van der Waals surface area contributed by atoms with Gasteiger partial charge < -0.3 is 9.13 Å². The zero-order chi connectivity index (χ0) is 39.1. The van der Waals surface area contributed by atoms with Gasteiger partial charge in [0.2, 0.25) is 0 Å². The zero-order valence-electron chi connectivity index (χ0n) is 32.3. The lowest BCUT2D eigenvalue weighted by Crippen LogP contribution is -2.15. The molecule has 9 aromatic rings. The highest BCUT2D eigenvalue weighted by Crippen LogP contribution is 2.51. The van der Waals surface area contributed by atoms with Gasteiger partial charge in [-0.2, -0.15) is 10.5 Å². The van der Waals surface area contributed by atoms with Gasteiger partial charge in [0.1, 0.15) is 0 Å². The van der Waals surface area contributed by atoms with Gasteiger partial charge in [0, 0.05) is 44.4 Å². The van der Waals surface area contributed by atoms with Gasteiger partial charge in [0.05, 0.1) is 45.9 Å². The Morgan fingerprint density at radius 2 is 1.29 bits per heavy atom. The molecule has 0 amide bonds. The van der Waals surface area contributed by atoms with Gasteiger partial charge in [-0.1, -0.05) is 129 Å². The Morgan fingerprint density at radius 3 is 2.05 bits per heavy atom. The highest BCUT2D eigenvalue weighted by molar-refractivity contribution is 6.20. The van der Waals surface area contributed by atoms with Crippen LogP contribution < -0.4 is 0 Å². The molecule has 0 bridgehead atoms. The molecule has 0 N–H and O–H groups in total. The van der Waals surface area contributed by atoms with Crippen molar-refractivity contribution < 1.29 is 0 Å². The minimum Gasteiger partial charge on any atom is -0.309 e. The maximum Gasteiger partial charge on any atom is 0.0991 e. The van der Waals surface area contributed by atoms with Crippen molar-refractivity contribution in [3.05, 3.63) is 181 Å². The topological polar surface area (TPSA) is 57.4 Å². The summed E-state index contributed by atoms with van der Waals surface area (Å²) in [5.74, 6) is 0.258. The molecule has 0 saturated carbocycles. The number of hydrogen-bond donors (Lipinski definition) is 0. The lowest BCUT2D eigenvalue weighted by molar-refractivity contribution is 0.680. The van der Waals surface area contributed by atoms with Crippen LogP contribution in [-0.2, 0) is 0 Å². The molecule has 11 rings (SSSR count). The van der Waals surface area contributed by atoms with Crippen LogP contribution in [0.2, 0.25) is 0 Å². The molecule has 3 atom stereocenters. The van der Waals surface area contributed by atoms with Crippen molar-refractivity contribution in [1.29, 1.82) is 10.5 Å². The molecule has 0 fully saturated rings. The summed E-state index contributed by atoms with van der Waals surface area (Å²) in [5.41, 5.74) is 15.5. The van der Waals surface area contributed by atoms with E-state index in [1.165, 1.54) is 49.4 Å². The molecule has 0 spiro atoms. The first-order valence-corrected chi connectivity index (χ1v) is 20.1. The third-order valence-corrected chi connectivity index (χ3v) is 12.7. The van der Waals surface area contributed by atoms with Gasteiger partial charge in [-0.05, 0) is 99.6 Å². The standard InChI is InChI=1S/C54H38N4/c1-33-11-22-41(23-12-33)57-50-28-21-40(30-47(50)46-26-20-39-7-3-4-8-43(39)53(46)57)38-16-14-36(15-17-38)37-18-24-42(25-19-37)58-51-27-13-35(31-55)29-48(51)52-34(2)49(32-56)44-9-5-6-10-45(44)54(52)58/h3-11,13-30,33-34,49H,12H2,1-2H3/t33-,34?,49?/m0/s1. The van der Waals surface area contributed by atoms with Crippen LogP contribution in [-0.4, -0.2) is 9.13 Å². The minimum absolute atomic E-state index is 0.0278. The monoisotopic (exact) mass is 742 g/mol. The van der Waals surface area contributed by atoms with Crippen molar-refractivity contribution in [2.75, 3.05) is 0 Å². The summed E-state index contributed by atoms with van der Waals surface area (Å²) in [6.45, 7) is 4.42. The molecular weight excluding hydrogens is 705 g/mol. The van der Waals surface area contributed by atoms with Gasteiger partial charge in [0.15, 0.2) is 0 Å². The molecule has 2 aliphatic carbocycles. The first kappa shape index (κ1) is 33.9. The van der Waals surface area contributed by atoms with E-state index in [1.54, 1.807) is 0 Å². The maximum atomic E-state index is 10.3. The van der Waals surface area contributed by atoms with Gasteiger partial charge >= 0.3 is 0 Å². The normalized spacial score (nSPS) is 17.2. The highest BCUT2D eigenvalue weighted by Gasteiger charge is 2.36. The fourth-order valence-corrected chi connectivity index (χ4v) is 9.75. The Balaban J connectivity index is 0.974. The Kier molecular flexibility index (Phi) is 7.65. The van der Waals surface area contributed by atoms with E-state index in [-0.39, 0.29) is 11.8 Å². The van der Waals surface area contributed by atoms with E-state index in [2.05, 4.69) is 175 Å². The van der Waals surface area contributed by atoms with Crippen molar-refractivity contribution in [2.45, 2.75) is 32.1 Å². The molecule has 0 radical (unpaired) electrons. The molecule has 0 saturated heterocycles. The molecule has 0 aliphatic heterocycles. The summed E-state index contributed by atoms with van der Waals surface area (Å²) < 4.78 is 4.78. The molecule has 2 unspecified atom stereocenters. The molecule has 2 heterocycles. The number of nitrogens with zero attached hydrogens (tertiary/aromatic N) is 4. The molecule has 2 aliphatic rings. The van der Waals surface area contributed by atoms with Crippen LogP contribution in [0.25, 0.3) is 88.4 Å². The third-order valence-electron chi connectivity index (χ3n) is 12.7. The fraction of sp³-hybridized carbons (Fsp3) is 0.111. The van der Waals surface area contributed by atoms with Crippen LogP contribution in [0.4, 0.5) is 0 Å². The average molecular weight is 743 g/mol. The maximum absolute atomic E-state index is 10.3. The van der Waals surface area contributed by atoms with E-state index in [0.29, 0.717) is 11.5 Å². The van der Waals surface area contributed by atoms with Gasteiger partial charge in [-0.3, -0.25) is 0 Å². The van der Waals surface area contributed by atoms with Crippen molar-refractivity contribution in [3.63, 3.8) is 0 Å². The second-order valence-corrected chi connectivity index (χ2v) is 16.0. The zero-order valence-corrected chi connectivity index (χ0v) is 32.3. The summed E-state index contributed by atoms with van der Waals surface area (Å²) in [7, 11) is 0. The predicted molar refractivity (Wildman–Crippen MR) is 239 cm³/mol. The van der Waals surface area contributed by atoms with Gasteiger partial charge in [0.25, 0.3) is 0 Å². The Hall–Kier alpha value is -7.40. The molecule has 4 nitrogen and oxygen atoms in total. The summed E-state index contributed by atoms with van der Waals surface area (Å²) in [6, 6.07) is 57.0. The third kappa shape index (κ3) is 5.05. The van der Waals surface area contributed by atoms with Crippen molar-refractivity contribution >= 4 is 49.2 Å². The molecule has 58 heavy (non-hydrogen) atoms. The summed E-state index contributed by atoms with van der Waals surface area (Å²) in [5, 5.41) is 26.2. The van der Waals surface area contributed by atoms with E-state index < -0.39 is 0 Å². The van der Waals surface area contributed by atoms with E-state index >= 15 is 0 Å². The second-order valence-electron chi connectivity index (χ2n) is 16.0. The lowest BCUT2D eigenvalue weighted by Gasteiger charge is -2.28. The van der Waals surface area contributed by atoms with E-state index in [4.69, 9.17) is 0 Å². The van der Waals surface area contributed by atoms with Crippen LogP contribution in [0.1, 0.15) is 48.8 Å². The van der Waals surface area contributed by atoms with E-state index in [9.17, 15) is 10.5 Å². The number of fused-ring (bicyclic) bond motifs is 10. The smallest absolute Gasteiger partial charge is 0.0991 e. The van der Waals surface area contributed by atoms with E-state index in [0.717, 1.165) is 56.5 Å². The average Bonchev–Trinajstić information content (AvgIpc) is 3.80. The largest absolute Gasteiger partial charge is 0.309 e. The predicted octanol–water partition coefficient (Wildman–Crippen LogP) is 13.9. The van der Waals surface area contributed by atoms with Crippen LogP contribution in [0.15, 0.2) is 164 Å². The summed E-state index contributed by atoms with van der Waals surface area (Å²) in [4.78, 5) is 0. The number of allylic oxidation sites excluding steroid dienone is 4. The van der Waals surface area contributed by atoms with Crippen LogP contribution in [0.5, 0.6) is 0 Å². The number of hydrogen-bond acceptors (Lipinski definition) is 2. The number of rotatable bonds is 4. The Morgan fingerprint density at radius 1 is 0.603 bits per heavy atom. The van der Waals surface area contributed by atoms with Crippen LogP contribution in [0, 0.1) is 28.6 Å². The van der Waals surface area contributed by atoms with Gasteiger partial charge in [-0.25, -0.2) is 0 Å². The summed E-state index contributed by atoms with van der Waals surface area (Å²) in [6.07, 6.45) is 8.04. The number of aromatic nitrogens is 2. The Bertz CT molecular complexity index is 3300. The first-order valence-electron chi connectivity index (χ1n) is 20.1. The lowest BCUT2D eigenvalue weighted by atomic mass is 9.74. The molecule has 2 aromatic heterocycles. The van der Waals surface area contributed by atoms with Gasteiger partial charge in [-0.15, -0.1) is 0 Å². The van der Waals surface area contributed by atoms with E-state index in [1.807, 2.05) is 24.3 Å². The first-order chi connectivity index (χ1) is 28.5. The molecule has 7 aromatic carbocycles. The molecular formula is C54H38N4. The number of benzene rings is 7. The summed E-state index contributed by atoms with van der Waals surface area (Å²) >= 11 is 0. The highest BCUT2D eigenvalue weighted by atomic mass is 15.0. The van der Waals surface area contributed by atoms with Crippen LogP contribution in [0.3, 0.4) is 0 Å². The quantitative estimate of drug-likeness (QED) is 0.180. The van der Waals surface area contributed by atoms with Crippen LogP contribution >= 0.6 is 0 Å². The molecule has 274 valence electrons. The van der Waals surface area contributed by atoms with Crippen molar-refractivity contribution in [2.24, 2.45) is 5.92 Å². The second kappa shape index (κ2) is 13.1. The van der Waals surface area contributed by atoms with Crippen molar-refractivity contribution in [1.82, 2.24) is 9.13 Å². The Labute approximate surface area is 337 Å². The van der Waals surface area contributed by atoms with Crippen molar-refractivity contribution in [3.8, 4) is 51.3 Å². The molecule has 4 heteroatoms. The number of nitriles is 2. The SMILES string of the molecule is CC1c2c(n(-c3ccc(-c4ccc(-c5ccc6c(c5)c5ccc7ccccc7c5n6C5=CC[C@@H](C)C=C5)cc4)cc3)c3ccc(C#N)cc23)-c2ccccc2C1C#N.